The molecule has 8 heteroatoms. The second-order valence-corrected chi connectivity index (χ2v) is 7.79. The molecule has 3 aromatic heterocycles. The van der Waals surface area contributed by atoms with E-state index in [1.807, 2.05) is 29.3 Å². The molecule has 0 fully saturated rings. The van der Waals surface area contributed by atoms with Crippen LogP contribution in [0, 0.1) is 6.92 Å². The summed E-state index contributed by atoms with van der Waals surface area (Å²) in [6, 6.07) is 12.3. The molecule has 0 aliphatic rings. The molecule has 0 aliphatic heterocycles. The SMILES string of the molecule is Cc1ccc2cc(CN(Cc3cccs3)C(=O)N(C)C)c3nnnn3c2c1. The van der Waals surface area contributed by atoms with Crippen molar-refractivity contribution >= 4 is 33.9 Å². The molecule has 3 heterocycles. The van der Waals surface area contributed by atoms with Gasteiger partial charge in [-0.05, 0) is 46.5 Å². The van der Waals surface area contributed by atoms with Crippen LogP contribution in [0.4, 0.5) is 4.79 Å². The normalized spacial score (nSPS) is 11.2. The Morgan fingerprint density at radius 1 is 1.19 bits per heavy atom. The maximum atomic E-state index is 12.8. The first-order valence-corrected chi connectivity index (χ1v) is 9.50. The number of fused-ring (bicyclic) bond motifs is 3. The van der Waals surface area contributed by atoms with E-state index in [4.69, 9.17) is 0 Å². The molecule has 0 N–H and O–H groups in total. The van der Waals surface area contributed by atoms with Gasteiger partial charge in [0.25, 0.3) is 0 Å². The second-order valence-electron chi connectivity index (χ2n) is 6.76. The molecule has 0 saturated heterocycles. The van der Waals surface area contributed by atoms with Gasteiger partial charge in [-0.25, -0.2) is 4.79 Å². The number of rotatable bonds is 4. The van der Waals surface area contributed by atoms with Gasteiger partial charge < -0.3 is 9.80 Å². The fraction of sp³-hybridized carbons (Fsp3) is 0.263. The van der Waals surface area contributed by atoms with Gasteiger partial charge in [0.2, 0.25) is 0 Å². The molecule has 2 amide bonds. The predicted molar refractivity (Wildman–Crippen MR) is 106 cm³/mol. The first-order chi connectivity index (χ1) is 13.0. The van der Waals surface area contributed by atoms with Crippen LogP contribution in [0.2, 0.25) is 0 Å². The van der Waals surface area contributed by atoms with Crippen molar-refractivity contribution in [2.75, 3.05) is 14.1 Å². The molecule has 4 rings (SSSR count). The number of carbonyl (C=O) groups excluding carboxylic acids is 1. The maximum Gasteiger partial charge on any atom is 0.320 e. The minimum Gasteiger partial charge on any atom is -0.331 e. The van der Waals surface area contributed by atoms with Gasteiger partial charge >= 0.3 is 6.03 Å². The van der Waals surface area contributed by atoms with E-state index in [2.05, 4.69) is 39.8 Å². The summed E-state index contributed by atoms with van der Waals surface area (Å²) in [6.07, 6.45) is 0. The van der Waals surface area contributed by atoms with Crippen molar-refractivity contribution in [3.8, 4) is 0 Å². The molecule has 27 heavy (non-hydrogen) atoms. The quantitative estimate of drug-likeness (QED) is 0.545. The van der Waals surface area contributed by atoms with Crippen LogP contribution in [-0.2, 0) is 13.1 Å². The lowest BCUT2D eigenvalue weighted by atomic mass is 10.1. The number of urea groups is 1. The summed E-state index contributed by atoms with van der Waals surface area (Å²) >= 11 is 1.64. The van der Waals surface area contributed by atoms with Gasteiger partial charge in [-0.1, -0.05) is 18.2 Å². The van der Waals surface area contributed by atoms with Gasteiger partial charge in [-0.2, -0.15) is 4.52 Å². The Kier molecular flexibility index (Phi) is 4.49. The highest BCUT2D eigenvalue weighted by Crippen LogP contribution is 2.23. The number of benzene rings is 1. The van der Waals surface area contributed by atoms with E-state index in [1.165, 1.54) is 0 Å². The molecule has 0 spiro atoms. The van der Waals surface area contributed by atoms with Crippen LogP contribution in [0.3, 0.4) is 0 Å². The number of pyridine rings is 1. The van der Waals surface area contributed by atoms with Gasteiger partial charge in [0.15, 0.2) is 5.65 Å². The highest BCUT2D eigenvalue weighted by atomic mass is 32.1. The molecule has 0 radical (unpaired) electrons. The summed E-state index contributed by atoms with van der Waals surface area (Å²) < 4.78 is 1.75. The molecule has 0 atom stereocenters. The monoisotopic (exact) mass is 380 g/mol. The number of thiophene rings is 1. The molecule has 0 bridgehead atoms. The van der Waals surface area contributed by atoms with E-state index in [0.29, 0.717) is 18.7 Å². The Morgan fingerprint density at radius 2 is 2.04 bits per heavy atom. The number of aryl methyl sites for hydroxylation is 1. The lowest BCUT2D eigenvalue weighted by Gasteiger charge is -2.26. The maximum absolute atomic E-state index is 12.8. The van der Waals surface area contributed by atoms with Crippen LogP contribution in [0.25, 0.3) is 16.6 Å². The zero-order chi connectivity index (χ0) is 19.0. The van der Waals surface area contributed by atoms with Crippen LogP contribution < -0.4 is 0 Å². The number of aromatic nitrogens is 4. The molecular weight excluding hydrogens is 360 g/mol. The summed E-state index contributed by atoms with van der Waals surface area (Å²) in [6.45, 7) is 3.03. The minimum atomic E-state index is -0.0435. The van der Waals surface area contributed by atoms with Gasteiger partial charge in [0.05, 0.1) is 18.6 Å². The molecular formula is C19H20N6OS. The van der Waals surface area contributed by atoms with E-state index in [-0.39, 0.29) is 6.03 Å². The Morgan fingerprint density at radius 3 is 2.78 bits per heavy atom. The minimum absolute atomic E-state index is 0.0435. The third kappa shape index (κ3) is 3.35. The van der Waals surface area contributed by atoms with Crippen molar-refractivity contribution < 1.29 is 4.79 Å². The summed E-state index contributed by atoms with van der Waals surface area (Å²) in [5.74, 6) is 0. The first-order valence-electron chi connectivity index (χ1n) is 8.62. The van der Waals surface area contributed by atoms with E-state index in [9.17, 15) is 4.79 Å². The molecule has 4 aromatic rings. The molecule has 1 aromatic carbocycles. The van der Waals surface area contributed by atoms with E-state index >= 15 is 0 Å². The van der Waals surface area contributed by atoms with E-state index < -0.39 is 0 Å². The number of hydrogen-bond donors (Lipinski definition) is 0. The van der Waals surface area contributed by atoms with Gasteiger partial charge in [-0.3, -0.25) is 0 Å². The van der Waals surface area contributed by atoms with Crippen molar-refractivity contribution in [3.05, 3.63) is 57.8 Å². The highest BCUT2D eigenvalue weighted by Gasteiger charge is 2.20. The van der Waals surface area contributed by atoms with Crippen molar-refractivity contribution in [2.45, 2.75) is 20.0 Å². The molecule has 0 unspecified atom stereocenters. The lowest BCUT2D eigenvalue weighted by Crippen LogP contribution is -2.38. The van der Waals surface area contributed by atoms with Crippen molar-refractivity contribution in [1.82, 2.24) is 29.8 Å². The number of tetrazole rings is 1. The van der Waals surface area contributed by atoms with Crippen molar-refractivity contribution in [3.63, 3.8) is 0 Å². The Hall–Kier alpha value is -3.00. The van der Waals surface area contributed by atoms with Crippen molar-refractivity contribution in [2.24, 2.45) is 0 Å². The van der Waals surface area contributed by atoms with Gasteiger partial charge in [0, 0.05) is 29.9 Å². The second kappa shape index (κ2) is 6.96. The average molecular weight is 380 g/mol. The summed E-state index contributed by atoms with van der Waals surface area (Å²) in [5, 5.41) is 15.3. The van der Waals surface area contributed by atoms with E-state index in [1.54, 1.807) is 34.8 Å². The molecule has 7 nitrogen and oxygen atoms in total. The van der Waals surface area contributed by atoms with Gasteiger partial charge in [0.1, 0.15) is 0 Å². The Labute approximate surface area is 160 Å². The molecule has 138 valence electrons. The number of hydrogen-bond acceptors (Lipinski definition) is 5. The lowest BCUT2D eigenvalue weighted by molar-refractivity contribution is 0.166. The predicted octanol–water partition coefficient (Wildman–Crippen LogP) is 3.33. The van der Waals surface area contributed by atoms with Gasteiger partial charge in [-0.15, -0.1) is 16.4 Å². The van der Waals surface area contributed by atoms with Crippen LogP contribution in [0.15, 0.2) is 41.8 Å². The average Bonchev–Trinajstić information content (AvgIpc) is 3.32. The topological polar surface area (TPSA) is 66.6 Å². The Balaban J connectivity index is 1.77. The number of nitrogens with zero attached hydrogens (tertiary/aromatic N) is 6. The zero-order valence-electron chi connectivity index (χ0n) is 15.5. The third-order valence-corrected chi connectivity index (χ3v) is 5.30. The number of carbonyl (C=O) groups is 1. The molecule has 0 saturated carbocycles. The summed E-state index contributed by atoms with van der Waals surface area (Å²) in [4.78, 5) is 17.3. The van der Waals surface area contributed by atoms with Crippen LogP contribution in [-0.4, -0.2) is 50.0 Å². The molecule has 0 aliphatic carbocycles. The largest absolute Gasteiger partial charge is 0.331 e. The zero-order valence-corrected chi connectivity index (χ0v) is 16.3. The summed E-state index contributed by atoms with van der Waals surface area (Å²) in [5.41, 5.74) is 3.70. The smallest absolute Gasteiger partial charge is 0.320 e. The van der Waals surface area contributed by atoms with Crippen LogP contribution >= 0.6 is 11.3 Å². The third-order valence-electron chi connectivity index (χ3n) is 4.44. The summed E-state index contributed by atoms with van der Waals surface area (Å²) in [7, 11) is 3.53. The fourth-order valence-electron chi connectivity index (χ4n) is 3.15. The number of amides is 2. The highest BCUT2D eigenvalue weighted by molar-refractivity contribution is 7.09. The Bertz CT molecular complexity index is 1100. The van der Waals surface area contributed by atoms with E-state index in [0.717, 1.165) is 26.9 Å². The van der Waals surface area contributed by atoms with Crippen molar-refractivity contribution in [1.29, 1.82) is 0 Å². The van der Waals surface area contributed by atoms with Crippen LogP contribution in [0.5, 0.6) is 0 Å². The van der Waals surface area contributed by atoms with Crippen LogP contribution in [0.1, 0.15) is 16.0 Å². The standard InChI is InChI=1S/C19H20N6OS/c1-13-6-7-14-10-15(18-20-21-22-25(18)17(14)9-13)11-24(19(26)23(2)3)12-16-5-4-8-27-16/h4-10H,11-12H2,1-3H3. The fourth-order valence-corrected chi connectivity index (χ4v) is 3.87. The first kappa shape index (κ1) is 17.4.